The van der Waals surface area contributed by atoms with Crippen molar-refractivity contribution < 1.29 is 5.11 Å². The van der Waals surface area contributed by atoms with Crippen LogP contribution in [0.3, 0.4) is 0 Å². The first-order chi connectivity index (χ1) is 16.0. The lowest BCUT2D eigenvalue weighted by Crippen LogP contribution is -2.43. The number of hydrogen-bond donors (Lipinski definition) is 2. The third kappa shape index (κ3) is 4.19. The number of anilines is 1. The van der Waals surface area contributed by atoms with E-state index in [0.717, 1.165) is 66.4 Å². The van der Waals surface area contributed by atoms with Crippen LogP contribution in [-0.2, 0) is 6.54 Å². The van der Waals surface area contributed by atoms with E-state index in [2.05, 4.69) is 25.4 Å². The number of halogens is 1. The van der Waals surface area contributed by atoms with Crippen LogP contribution in [-0.4, -0.2) is 40.8 Å². The summed E-state index contributed by atoms with van der Waals surface area (Å²) in [4.78, 5) is 19.4. The van der Waals surface area contributed by atoms with Crippen LogP contribution in [0.2, 0.25) is 5.02 Å². The molecule has 0 saturated carbocycles. The first-order valence-corrected chi connectivity index (χ1v) is 12.1. The lowest BCUT2D eigenvalue weighted by molar-refractivity contribution is 0.411. The highest BCUT2D eigenvalue weighted by atomic mass is 35.5. The first-order valence-electron chi connectivity index (χ1n) is 10.9. The van der Waals surface area contributed by atoms with E-state index in [0.29, 0.717) is 27.8 Å². The number of aromatic hydroxyl groups is 1. The molecule has 2 N–H and O–H groups in total. The molecule has 0 atom stereocenters. The number of nitrogens with one attached hydrogen (secondary N) is 1. The lowest BCUT2D eigenvalue weighted by atomic mass is 10.0. The van der Waals surface area contributed by atoms with Crippen molar-refractivity contribution in [1.82, 2.24) is 14.9 Å². The molecule has 0 bridgehead atoms. The Kier molecular flexibility index (Phi) is 6.01. The van der Waals surface area contributed by atoms with Gasteiger partial charge in [0.1, 0.15) is 5.82 Å². The third-order valence-electron chi connectivity index (χ3n) is 5.74. The summed E-state index contributed by atoms with van der Waals surface area (Å²) in [5, 5.41) is 22.9. The maximum absolute atomic E-state index is 12.2. The third-order valence-corrected chi connectivity index (χ3v) is 6.96. The van der Waals surface area contributed by atoms with Gasteiger partial charge in [-0.05, 0) is 36.8 Å². The first kappa shape index (κ1) is 21.8. The molecule has 4 heterocycles. The average molecular weight is 483 g/mol. The van der Waals surface area contributed by atoms with Crippen LogP contribution in [0.1, 0.15) is 23.8 Å². The molecule has 8 nitrogen and oxygen atoms in total. The van der Waals surface area contributed by atoms with Crippen molar-refractivity contribution >= 4 is 46.2 Å². The van der Waals surface area contributed by atoms with Crippen LogP contribution in [0.4, 0.5) is 11.5 Å². The molecule has 170 valence electrons. The predicted molar refractivity (Wildman–Crippen MR) is 133 cm³/mol. The van der Waals surface area contributed by atoms with Gasteiger partial charge in [-0.15, -0.1) is 10.2 Å². The van der Waals surface area contributed by atoms with E-state index < -0.39 is 0 Å². The molecule has 2 aliphatic rings. The van der Waals surface area contributed by atoms with E-state index in [-0.39, 0.29) is 10.8 Å². The number of piperazine rings is 1. The van der Waals surface area contributed by atoms with Gasteiger partial charge in [-0.2, -0.15) is 0 Å². The number of azo groups is 1. The molecule has 0 amide bonds. The highest BCUT2D eigenvalue weighted by molar-refractivity contribution is 7.10. The maximum atomic E-state index is 12.2. The normalized spacial score (nSPS) is 16.5. The summed E-state index contributed by atoms with van der Waals surface area (Å²) >= 11 is 7.57. The minimum Gasteiger partial charge on any atom is -0.493 e. The van der Waals surface area contributed by atoms with Crippen LogP contribution >= 0.6 is 22.9 Å². The summed E-state index contributed by atoms with van der Waals surface area (Å²) in [6.07, 6.45) is 4.29. The minimum atomic E-state index is -0.191. The van der Waals surface area contributed by atoms with Crippen molar-refractivity contribution in [2.75, 3.05) is 31.1 Å². The Morgan fingerprint density at radius 3 is 2.76 bits per heavy atom. The highest BCUT2D eigenvalue weighted by Gasteiger charge is 2.21. The number of nitrogens with zero attached hydrogens (tertiary/aromatic N) is 5. The number of fused-ring (bicyclic) bond motifs is 1. The quantitative estimate of drug-likeness (QED) is 0.547. The molecule has 1 saturated heterocycles. The Morgan fingerprint density at radius 1 is 1.21 bits per heavy atom. The van der Waals surface area contributed by atoms with Gasteiger partial charge >= 0.3 is 4.87 Å². The van der Waals surface area contributed by atoms with E-state index in [1.54, 1.807) is 12.1 Å². The number of benzene rings is 1. The van der Waals surface area contributed by atoms with E-state index >= 15 is 0 Å². The van der Waals surface area contributed by atoms with E-state index in [1.165, 1.54) is 4.57 Å². The second-order valence-corrected chi connectivity index (χ2v) is 9.33. The molecule has 0 unspecified atom stereocenters. The molecule has 0 spiro atoms. The molecule has 10 heteroatoms. The molecule has 2 aromatic heterocycles. The average Bonchev–Trinajstić information content (AvgIpc) is 3.34. The molecule has 0 radical (unpaired) electrons. The smallest absolute Gasteiger partial charge is 0.310 e. The summed E-state index contributed by atoms with van der Waals surface area (Å²) in [6, 6.07) is 7.76. The van der Waals surface area contributed by atoms with E-state index in [4.69, 9.17) is 11.6 Å². The van der Waals surface area contributed by atoms with Crippen LogP contribution < -0.4 is 15.1 Å². The number of rotatable bonds is 5. The molecule has 3 aromatic rings. The Balaban J connectivity index is 1.48. The fraction of sp³-hybridized carbons (Fsp3) is 0.304. The number of pyridine rings is 1. The standard InChI is InChI=1S/C23H23ClN6O2S/c1-2-7-30-22(31)20(33-23(30)32)12-19-16-10-15(17(24)11-18(16)27-28-19)14-3-4-21(26-13-14)29-8-5-25-6-9-29/h3-4,10-13,25,31H,2,5-9H2,1H3/b19-12-. The van der Waals surface area contributed by atoms with Gasteiger partial charge in [-0.3, -0.25) is 9.36 Å². The van der Waals surface area contributed by atoms with Crippen molar-refractivity contribution in [2.24, 2.45) is 10.2 Å². The maximum Gasteiger partial charge on any atom is 0.310 e. The summed E-state index contributed by atoms with van der Waals surface area (Å²) in [7, 11) is 0. The van der Waals surface area contributed by atoms with Crippen molar-refractivity contribution in [1.29, 1.82) is 0 Å². The molecule has 1 fully saturated rings. The van der Waals surface area contributed by atoms with Crippen LogP contribution in [0.25, 0.3) is 22.9 Å². The Bertz CT molecular complexity index is 1310. The molecule has 33 heavy (non-hydrogen) atoms. The fourth-order valence-electron chi connectivity index (χ4n) is 4.02. The van der Waals surface area contributed by atoms with Gasteiger partial charge in [-0.25, -0.2) is 4.98 Å². The van der Waals surface area contributed by atoms with E-state index in [9.17, 15) is 9.90 Å². The summed E-state index contributed by atoms with van der Waals surface area (Å²) in [5.74, 6) is 0.912. The zero-order valence-corrected chi connectivity index (χ0v) is 19.7. The van der Waals surface area contributed by atoms with Crippen molar-refractivity contribution in [3.05, 3.63) is 55.6 Å². The molecular formula is C23H23ClN6O2S. The molecule has 2 aliphatic heterocycles. The second-order valence-electron chi connectivity index (χ2n) is 7.93. The predicted octanol–water partition coefficient (Wildman–Crippen LogP) is 4.75. The molecular weight excluding hydrogens is 460 g/mol. The van der Waals surface area contributed by atoms with Gasteiger partial charge in [-0.1, -0.05) is 29.9 Å². The zero-order chi connectivity index (χ0) is 22.9. The molecule has 1 aromatic carbocycles. The SMILES string of the molecule is CCCn1c(O)c(/C=C2\N=Nc3cc(Cl)c(-c4ccc(N5CCNCC5)nc4)cc32)sc1=O. The Labute approximate surface area is 199 Å². The van der Waals surface area contributed by atoms with Crippen molar-refractivity contribution in [2.45, 2.75) is 19.9 Å². The number of aromatic nitrogens is 2. The number of hydrogen-bond acceptors (Lipinski definition) is 8. The van der Waals surface area contributed by atoms with Crippen LogP contribution in [0, 0.1) is 0 Å². The van der Waals surface area contributed by atoms with Gasteiger partial charge in [0.05, 0.1) is 21.3 Å². The van der Waals surface area contributed by atoms with Crippen LogP contribution in [0.15, 0.2) is 45.5 Å². The van der Waals surface area contributed by atoms with E-state index in [1.807, 2.05) is 31.3 Å². The Hall–Kier alpha value is -3.01. The number of thiazole rings is 1. The minimum absolute atomic E-state index is 0.0371. The van der Waals surface area contributed by atoms with Gasteiger partial charge < -0.3 is 15.3 Å². The topological polar surface area (TPSA) is 95.1 Å². The summed E-state index contributed by atoms with van der Waals surface area (Å²) in [6.45, 7) is 6.20. The molecule has 0 aliphatic carbocycles. The highest BCUT2D eigenvalue weighted by Crippen LogP contribution is 2.43. The summed E-state index contributed by atoms with van der Waals surface area (Å²) < 4.78 is 1.38. The van der Waals surface area contributed by atoms with Gasteiger partial charge in [0.2, 0.25) is 5.88 Å². The van der Waals surface area contributed by atoms with Crippen LogP contribution in [0.5, 0.6) is 5.88 Å². The molecule has 5 rings (SSSR count). The monoisotopic (exact) mass is 482 g/mol. The van der Waals surface area contributed by atoms with Gasteiger partial charge in [0.25, 0.3) is 0 Å². The zero-order valence-electron chi connectivity index (χ0n) is 18.1. The second kappa shape index (κ2) is 9.09. The fourth-order valence-corrected chi connectivity index (χ4v) is 5.13. The van der Waals surface area contributed by atoms with Crippen molar-refractivity contribution in [3.63, 3.8) is 0 Å². The summed E-state index contributed by atoms with van der Waals surface area (Å²) in [5.41, 5.74) is 3.75. The van der Waals surface area contributed by atoms with Gasteiger partial charge in [0, 0.05) is 55.6 Å². The largest absolute Gasteiger partial charge is 0.493 e. The Morgan fingerprint density at radius 2 is 2.03 bits per heavy atom. The van der Waals surface area contributed by atoms with Crippen molar-refractivity contribution in [3.8, 4) is 17.0 Å². The lowest BCUT2D eigenvalue weighted by Gasteiger charge is -2.28. The van der Waals surface area contributed by atoms with Gasteiger partial charge in [0.15, 0.2) is 0 Å².